The van der Waals surface area contributed by atoms with Gasteiger partial charge in [0.2, 0.25) is 5.58 Å². The smallest absolute Gasteiger partial charge is 0.381 e. The molecule has 3 heteroatoms. The van der Waals surface area contributed by atoms with Gasteiger partial charge >= 0.3 is 5.89 Å². The summed E-state index contributed by atoms with van der Waals surface area (Å²) >= 11 is 0. The first-order valence-electron chi connectivity index (χ1n) is 9.43. The van der Waals surface area contributed by atoms with Crippen LogP contribution in [-0.2, 0) is 7.05 Å². The van der Waals surface area contributed by atoms with Gasteiger partial charge in [-0.2, -0.15) is 4.57 Å². The van der Waals surface area contributed by atoms with Crippen molar-refractivity contribution >= 4 is 43.8 Å². The number of oxazole rings is 1. The van der Waals surface area contributed by atoms with E-state index in [1.54, 1.807) is 0 Å². The molecule has 0 spiro atoms. The molecule has 6 rings (SSSR count). The van der Waals surface area contributed by atoms with Crippen molar-refractivity contribution in [1.29, 1.82) is 0 Å². The zero-order valence-electron chi connectivity index (χ0n) is 15.7. The zero-order valence-corrected chi connectivity index (χ0v) is 15.7. The Balaban J connectivity index is 1.72. The number of aromatic nitrogens is 1. The number of nitrogens with zero attached hydrogens (tertiary/aromatic N) is 1. The van der Waals surface area contributed by atoms with Gasteiger partial charge in [0.15, 0.2) is 5.58 Å². The molecule has 0 bridgehead atoms. The second-order valence-electron chi connectivity index (χ2n) is 7.37. The fourth-order valence-corrected chi connectivity index (χ4v) is 4.18. The number of furan rings is 1. The van der Waals surface area contributed by atoms with Gasteiger partial charge in [-0.25, -0.2) is 0 Å². The number of rotatable bonds is 1. The monoisotopic (exact) mass is 364 g/mol. The summed E-state index contributed by atoms with van der Waals surface area (Å²) in [5.41, 5.74) is 5.78. The van der Waals surface area contributed by atoms with Crippen LogP contribution in [0.3, 0.4) is 0 Å². The van der Waals surface area contributed by atoms with Crippen molar-refractivity contribution in [3.05, 3.63) is 78.4 Å². The first-order chi connectivity index (χ1) is 13.7. The highest BCUT2D eigenvalue weighted by molar-refractivity contribution is 6.15. The van der Waals surface area contributed by atoms with E-state index < -0.39 is 0 Å². The Morgan fingerprint density at radius 2 is 1.46 bits per heavy atom. The first-order valence-corrected chi connectivity index (χ1v) is 9.43. The average Bonchev–Trinajstić information content (AvgIpc) is 3.24. The van der Waals surface area contributed by atoms with E-state index in [1.807, 2.05) is 19.2 Å². The molecule has 0 N–H and O–H groups in total. The second kappa shape index (κ2) is 5.46. The van der Waals surface area contributed by atoms with Gasteiger partial charge in [0.05, 0.1) is 5.56 Å². The van der Waals surface area contributed by atoms with E-state index in [-0.39, 0.29) is 0 Å². The molecule has 0 aliphatic heterocycles. The van der Waals surface area contributed by atoms with E-state index in [1.165, 1.54) is 16.3 Å². The molecule has 0 unspecified atom stereocenters. The summed E-state index contributed by atoms with van der Waals surface area (Å²) in [6.45, 7) is 2.10. The number of hydrogen-bond donors (Lipinski definition) is 0. The molecule has 0 fully saturated rings. The third kappa shape index (κ3) is 2.01. The Hall–Kier alpha value is -3.59. The fourth-order valence-electron chi connectivity index (χ4n) is 4.18. The van der Waals surface area contributed by atoms with Gasteiger partial charge in [0.1, 0.15) is 12.6 Å². The van der Waals surface area contributed by atoms with E-state index >= 15 is 0 Å². The molecule has 2 aromatic heterocycles. The van der Waals surface area contributed by atoms with Gasteiger partial charge < -0.3 is 8.83 Å². The van der Waals surface area contributed by atoms with E-state index in [2.05, 4.69) is 72.2 Å². The van der Waals surface area contributed by atoms with Crippen LogP contribution in [0.2, 0.25) is 0 Å². The summed E-state index contributed by atoms with van der Waals surface area (Å²) in [7, 11) is 2.04. The van der Waals surface area contributed by atoms with Crippen LogP contribution >= 0.6 is 0 Å². The van der Waals surface area contributed by atoms with Crippen molar-refractivity contribution in [2.75, 3.05) is 0 Å². The van der Waals surface area contributed by atoms with Crippen LogP contribution < -0.4 is 4.57 Å². The summed E-state index contributed by atoms with van der Waals surface area (Å²) in [4.78, 5) is 0. The quantitative estimate of drug-likeness (QED) is 0.321. The molecule has 0 aliphatic rings. The van der Waals surface area contributed by atoms with E-state index in [0.29, 0.717) is 0 Å². The van der Waals surface area contributed by atoms with Crippen molar-refractivity contribution in [3.8, 4) is 11.5 Å². The largest absolute Gasteiger partial charge is 0.452 e. The van der Waals surface area contributed by atoms with E-state index in [0.717, 1.165) is 44.5 Å². The number of benzene rings is 4. The second-order valence-corrected chi connectivity index (χ2v) is 7.37. The van der Waals surface area contributed by atoms with Gasteiger partial charge in [-0.05, 0) is 47.5 Å². The molecule has 4 aromatic carbocycles. The van der Waals surface area contributed by atoms with Crippen LogP contribution in [0.1, 0.15) is 5.56 Å². The Bertz CT molecular complexity index is 1530. The molecular formula is C25H18NO2+. The number of fused-ring (bicyclic) bond motifs is 6. The molecule has 0 saturated carbocycles. The molecule has 134 valence electrons. The molecule has 3 nitrogen and oxygen atoms in total. The third-order valence-corrected chi connectivity index (χ3v) is 5.68. The van der Waals surface area contributed by atoms with Crippen molar-refractivity contribution in [1.82, 2.24) is 0 Å². The molecule has 0 atom stereocenters. The van der Waals surface area contributed by atoms with Gasteiger partial charge in [-0.15, -0.1) is 0 Å². The van der Waals surface area contributed by atoms with E-state index in [9.17, 15) is 0 Å². The molecular weight excluding hydrogens is 346 g/mol. The van der Waals surface area contributed by atoms with Crippen molar-refractivity contribution in [2.45, 2.75) is 6.92 Å². The van der Waals surface area contributed by atoms with Crippen molar-refractivity contribution in [2.24, 2.45) is 7.05 Å². The highest BCUT2D eigenvalue weighted by atomic mass is 16.4. The minimum absolute atomic E-state index is 0.790. The summed E-state index contributed by atoms with van der Waals surface area (Å²) in [6.07, 6.45) is 0. The molecule has 0 aliphatic carbocycles. The van der Waals surface area contributed by atoms with Crippen LogP contribution in [0.4, 0.5) is 0 Å². The molecule has 2 heterocycles. The number of aryl methyl sites for hydroxylation is 2. The summed E-state index contributed by atoms with van der Waals surface area (Å²) < 4.78 is 14.8. The summed E-state index contributed by atoms with van der Waals surface area (Å²) in [5.74, 6) is 0.839. The maximum absolute atomic E-state index is 6.38. The lowest BCUT2D eigenvalue weighted by Gasteiger charge is -1.97. The SMILES string of the molecule is Cc1ccccc1-c1oc2c3oc4cc5ccccc5cc4c3ccc2[n+]1C. The Labute approximate surface area is 161 Å². The highest BCUT2D eigenvalue weighted by Gasteiger charge is 2.26. The topological polar surface area (TPSA) is 30.2 Å². The molecule has 28 heavy (non-hydrogen) atoms. The molecule has 6 aromatic rings. The zero-order chi connectivity index (χ0) is 18.8. The molecule has 0 saturated heterocycles. The van der Waals surface area contributed by atoms with Gasteiger partial charge in [0.25, 0.3) is 5.52 Å². The predicted octanol–water partition coefficient (Wildman–Crippen LogP) is 6.29. The lowest BCUT2D eigenvalue weighted by Crippen LogP contribution is -2.28. The van der Waals surface area contributed by atoms with Crippen molar-refractivity contribution < 1.29 is 13.4 Å². The van der Waals surface area contributed by atoms with Gasteiger partial charge in [0, 0.05) is 16.8 Å². The van der Waals surface area contributed by atoms with Crippen molar-refractivity contribution in [3.63, 3.8) is 0 Å². The van der Waals surface area contributed by atoms with Crippen LogP contribution in [-0.4, -0.2) is 0 Å². The van der Waals surface area contributed by atoms with E-state index in [4.69, 9.17) is 8.83 Å². The maximum atomic E-state index is 6.38. The average molecular weight is 364 g/mol. The van der Waals surface area contributed by atoms with Gasteiger partial charge in [-0.3, -0.25) is 0 Å². The summed E-state index contributed by atoms with van der Waals surface area (Å²) in [5, 5.41) is 4.59. The molecule has 0 radical (unpaired) electrons. The van der Waals surface area contributed by atoms with Crippen LogP contribution in [0, 0.1) is 6.92 Å². The Kier molecular flexibility index (Phi) is 3.01. The highest BCUT2D eigenvalue weighted by Crippen LogP contribution is 2.37. The number of hydrogen-bond acceptors (Lipinski definition) is 2. The lowest BCUT2D eigenvalue weighted by atomic mass is 10.1. The third-order valence-electron chi connectivity index (χ3n) is 5.68. The van der Waals surface area contributed by atoms with Crippen LogP contribution in [0.5, 0.6) is 0 Å². The Morgan fingerprint density at radius 1 is 0.714 bits per heavy atom. The fraction of sp³-hybridized carbons (Fsp3) is 0.0800. The van der Waals surface area contributed by atoms with Crippen LogP contribution in [0.15, 0.2) is 81.6 Å². The Morgan fingerprint density at radius 3 is 2.29 bits per heavy atom. The first kappa shape index (κ1) is 15.5. The van der Waals surface area contributed by atoms with Gasteiger partial charge in [-0.1, -0.05) is 42.5 Å². The lowest BCUT2D eigenvalue weighted by molar-refractivity contribution is -0.637. The standard InChI is InChI=1S/C25H18NO2/c1-15-7-3-6-10-18(15)25-26(2)21-12-11-19-20-13-16-8-4-5-9-17(16)14-22(20)27-23(19)24(21)28-25/h3-14H,1-2H3/q+1. The van der Waals surface area contributed by atoms with Crippen LogP contribution in [0.25, 0.3) is 55.3 Å². The minimum Gasteiger partial charge on any atom is -0.452 e. The summed E-state index contributed by atoms with van der Waals surface area (Å²) in [6, 6.07) is 25.2. The normalized spacial score (nSPS) is 11.9. The molecule has 0 amide bonds. The maximum Gasteiger partial charge on any atom is 0.381 e. The minimum atomic E-state index is 0.790. The predicted molar refractivity (Wildman–Crippen MR) is 112 cm³/mol.